The van der Waals surface area contributed by atoms with Crippen molar-refractivity contribution in [3.8, 4) is 5.75 Å². The van der Waals surface area contributed by atoms with Gasteiger partial charge < -0.3 is 15.5 Å². The first-order valence-corrected chi connectivity index (χ1v) is 11.2. The Hall–Kier alpha value is -2.22. The van der Waals surface area contributed by atoms with Crippen molar-refractivity contribution in [1.29, 1.82) is 0 Å². The van der Waals surface area contributed by atoms with Gasteiger partial charge in [-0.05, 0) is 48.8 Å². The highest BCUT2D eigenvalue weighted by molar-refractivity contribution is 7.99. The van der Waals surface area contributed by atoms with Crippen LogP contribution in [0.15, 0.2) is 23.4 Å². The minimum absolute atomic E-state index is 0.129. The average molecular weight is 418 g/mol. The van der Waals surface area contributed by atoms with Crippen LogP contribution in [-0.2, 0) is 11.4 Å². The molecule has 0 saturated carbocycles. The molecule has 1 aliphatic heterocycles. The minimum atomic E-state index is 0.129. The molecule has 1 amide bonds. The van der Waals surface area contributed by atoms with Gasteiger partial charge in [-0.15, -0.1) is 10.2 Å². The topological polar surface area (TPSA) is 86.3 Å². The van der Waals surface area contributed by atoms with Crippen molar-refractivity contribution in [2.45, 2.75) is 58.2 Å². The molecule has 29 heavy (non-hydrogen) atoms. The molecule has 0 aliphatic carbocycles. The number of carbonyl (C=O) groups excluding carboxylic acids is 1. The highest BCUT2D eigenvalue weighted by atomic mass is 32.2. The van der Waals surface area contributed by atoms with Crippen LogP contribution in [0, 0.1) is 12.8 Å². The first kappa shape index (κ1) is 21.5. The lowest BCUT2D eigenvalue weighted by atomic mass is 9.99. The zero-order valence-electron chi connectivity index (χ0n) is 17.7. The number of aryl methyl sites for hydroxylation is 1. The van der Waals surface area contributed by atoms with Gasteiger partial charge in [-0.2, -0.15) is 0 Å². The van der Waals surface area contributed by atoms with Gasteiger partial charge in [-0.3, -0.25) is 4.79 Å². The second kappa shape index (κ2) is 9.52. The van der Waals surface area contributed by atoms with Gasteiger partial charge in [-0.1, -0.05) is 44.7 Å². The molecule has 1 aromatic heterocycles. The van der Waals surface area contributed by atoms with Crippen molar-refractivity contribution in [2.75, 3.05) is 24.7 Å². The summed E-state index contributed by atoms with van der Waals surface area (Å²) < 4.78 is 7.42. The molecule has 2 aromatic rings. The van der Waals surface area contributed by atoms with Gasteiger partial charge in [0.05, 0.1) is 5.75 Å². The van der Waals surface area contributed by atoms with Crippen molar-refractivity contribution in [3.63, 3.8) is 0 Å². The molecule has 2 heterocycles. The van der Waals surface area contributed by atoms with Gasteiger partial charge in [0.2, 0.25) is 11.1 Å². The van der Waals surface area contributed by atoms with Crippen molar-refractivity contribution in [2.24, 2.45) is 5.92 Å². The van der Waals surface area contributed by atoms with Gasteiger partial charge in [0.15, 0.2) is 5.82 Å². The lowest BCUT2D eigenvalue weighted by molar-refractivity contribution is -0.129. The molecular formula is C21H31N5O2S. The summed E-state index contributed by atoms with van der Waals surface area (Å²) in [5.41, 5.74) is 2.29. The molecule has 0 atom stereocenters. The number of benzene rings is 1. The summed E-state index contributed by atoms with van der Waals surface area (Å²) >= 11 is 1.32. The van der Waals surface area contributed by atoms with E-state index < -0.39 is 0 Å². The largest absolute Gasteiger partial charge is 0.485 e. The second-order valence-corrected chi connectivity index (χ2v) is 9.05. The maximum absolute atomic E-state index is 12.4. The first-order chi connectivity index (χ1) is 13.8. The molecule has 158 valence electrons. The lowest BCUT2D eigenvalue weighted by Crippen LogP contribution is -2.39. The Balaban J connectivity index is 1.57. The standard InChI is InChI=1S/C21H31N5O2S/c1-14(2)17-6-5-16(4)11-18(17)28-12-19-23-24-21(26(19)22)29-13-20(27)25-9-7-15(3)8-10-25/h5-6,11,14-15H,7-10,12-13,22H2,1-4H3. The van der Waals surface area contributed by atoms with Crippen LogP contribution < -0.4 is 10.6 Å². The predicted molar refractivity (Wildman–Crippen MR) is 115 cm³/mol. The number of hydrogen-bond acceptors (Lipinski definition) is 6. The summed E-state index contributed by atoms with van der Waals surface area (Å²) in [5, 5.41) is 8.80. The van der Waals surface area contributed by atoms with Crippen molar-refractivity contribution >= 4 is 17.7 Å². The fraction of sp³-hybridized carbons (Fsp3) is 0.571. The number of ether oxygens (including phenoxy) is 1. The number of carbonyl (C=O) groups is 1. The predicted octanol–water partition coefficient (Wildman–Crippen LogP) is 3.35. The maximum Gasteiger partial charge on any atom is 0.233 e. The monoisotopic (exact) mass is 417 g/mol. The van der Waals surface area contributed by atoms with E-state index in [1.165, 1.54) is 16.4 Å². The average Bonchev–Trinajstić information content (AvgIpc) is 3.04. The Morgan fingerprint density at radius 3 is 2.72 bits per heavy atom. The first-order valence-electron chi connectivity index (χ1n) is 10.2. The number of amides is 1. The lowest BCUT2D eigenvalue weighted by Gasteiger charge is -2.30. The molecular weight excluding hydrogens is 386 g/mol. The van der Waals surface area contributed by atoms with E-state index >= 15 is 0 Å². The van der Waals surface area contributed by atoms with Crippen LogP contribution in [0.5, 0.6) is 5.75 Å². The van der Waals surface area contributed by atoms with Crippen LogP contribution >= 0.6 is 11.8 Å². The van der Waals surface area contributed by atoms with Gasteiger partial charge in [0, 0.05) is 13.1 Å². The zero-order valence-corrected chi connectivity index (χ0v) is 18.5. The third kappa shape index (κ3) is 5.44. The fourth-order valence-electron chi connectivity index (χ4n) is 3.37. The summed E-state index contributed by atoms with van der Waals surface area (Å²) in [6.45, 7) is 10.4. The molecule has 0 radical (unpaired) electrons. The van der Waals surface area contributed by atoms with E-state index in [1.54, 1.807) is 0 Å². The van der Waals surface area contributed by atoms with Crippen LogP contribution in [-0.4, -0.2) is 44.5 Å². The number of rotatable bonds is 7. The van der Waals surface area contributed by atoms with E-state index in [1.807, 2.05) is 17.9 Å². The van der Waals surface area contributed by atoms with E-state index in [-0.39, 0.29) is 12.5 Å². The number of hydrogen-bond donors (Lipinski definition) is 1. The minimum Gasteiger partial charge on any atom is -0.485 e. The smallest absolute Gasteiger partial charge is 0.233 e. The molecule has 0 unspecified atom stereocenters. The van der Waals surface area contributed by atoms with E-state index in [9.17, 15) is 4.79 Å². The number of aromatic nitrogens is 3. The molecule has 1 fully saturated rings. The van der Waals surface area contributed by atoms with Crippen molar-refractivity contribution in [1.82, 2.24) is 19.8 Å². The Kier molecular flexibility index (Phi) is 7.05. The number of thioether (sulfide) groups is 1. The SMILES string of the molecule is Cc1ccc(C(C)C)c(OCc2nnc(SCC(=O)N3CCC(C)CC3)n2N)c1. The summed E-state index contributed by atoms with van der Waals surface area (Å²) in [6, 6.07) is 6.21. The van der Waals surface area contributed by atoms with Gasteiger partial charge >= 0.3 is 0 Å². The molecule has 1 aliphatic rings. The number of nitrogens with zero attached hydrogens (tertiary/aromatic N) is 4. The summed E-state index contributed by atoms with van der Waals surface area (Å²) in [5.74, 6) is 9.02. The van der Waals surface area contributed by atoms with Gasteiger partial charge in [0.25, 0.3) is 0 Å². The highest BCUT2D eigenvalue weighted by Crippen LogP contribution is 2.28. The van der Waals surface area contributed by atoms with Gasteiger partial charge in [0.1, 0.15) is 12.4 Å². The molecule has 1 aromatic carbocycles. The summed E-state index contributed by atoms with van der Waals surface area (Å²) in [4.78, 5) is 14.4. The van der Waals surface area contributed by atoms with Crippen LogP contribution in [0.2, 0.25) is 0 Å². The van der Waals surface area contributed by atoms with Gasteiger partial charge in [-0.25, -0.2) is 4.68 Å². The number of nitrogen functional groups attached to an aromatic ring is 1. The Labute approximate surface area is 177 Å². The van der Waals surface area contributed by atoms with Crippen molar-refractivity contribution < 1.29 is 9.53 Å². The summed E-state index contributed by atoms with van der Waals surface area (Å²) in [6.07, 6.45) is 2.14. The molecule has 2 N–H and O–H groups in total. The number of likely N-dealkylation sites (tertiary alicyclic amines) is 1. The van der Waals surface area contributed by atoms with Crippen LogP contribution in [0.1, 0.15) is 56.5 Å². The van der Waals surface area contributed by atoms with Crippen LogP contribution in [0.3, 0.4) is 0 Å². The van der Waals surface area contributed by atoms with Crippen LogP contribution in [0.4, 0.5) is 0 Å². The van der Waals surface area contributed by atoms with Crippen LogP contribution in [0.25, 0.3) is 0 Å². The Morgan fingerprint density at radius 2 is 2.03 bits per heavy atom. The van der Waals surface area contributed by atoms with E-state index in [4.69, 9.17) is 10.6 Å². The van der Waals surface area contributed by atoms with E-state index in [0.717, 1.165) is 42.8 Å². The maximum atomic E-state index is 12.4. The molecule has 7 nitrogen and oxygen atoms in total. The summed E-state index contributed by atoms with van der Waals surface area (Å²) in [7, 11) is 0. The fourth-order valence-corrected chi connectivity index (χ4v) is 4.14. The molecule has 0 spiro atoms. The Bertz CT molecular complexity index is 844. The van der Waals surface area contributed by atoms with E-state index in [2.05, 4.69) is 43.1 Å². The molecule has 1 saturated heterocycles. The highest BCUT2D eigenvalue weighted by Gasteiger charge is 2.21. The Morgan fingerprint density at radius 1 is 1.31 bits per heavy atom. The third-order valence-corrected chi connectivity index (χ3v) is 6.27. The van der Waals surface area contributed by atoms with E-state index in [0.29, 0.717) is 28.6 Å². The normalized spacial score (nSPS) is 15.1. The second-order valence-electron chi connectivity index (χ2n) is 8.11. The number of piperidine rings is 1. The third-order valence-electron chi connectivity index (χ3n) is 5.34. The molecule has 8 heteroatoms. The number of nitrogens with two attached hydrogens (primary N) is 1. The quantitative estimate of drug-likeness (QED) is 0.549. The molecule has 3 rings (SSSR count). The molecule has 0 bridgehead atoms. The van der Waals surface area contributed by atoms with Crippen molar-refractivity contribution in [3.05, 3.63) is 35.2 Å². The zero-order chi connectivity index (χ0) is 21.0.